The normalized spacial score (nSPS) is 21.8. The fraction of sp³-hybridized carbons (Fsp3) is 1.00. The minimum absolute atomic E-state index is 0.0179. The zero-order chi connectivity index (χ0) is 29.3. The molecule has 4 atom stereocenters. The van der Waals surface area contributed by atoms with Gasteiger partial charge in [0.15, 0.2) is 0 Å². The lowest BCUT2D eigenvalue weighted by atomic mass is 9.61. The van der Waals surface area contributed by atoms with E-state index < -0.39 is 0 Å². The van der Waals surface area contributed by atoms with Crippen LogP contribution < -0.4 is 5.73 Å². The van der Waals surface area contributed by atoms with E-state index in [9.17, 15) is 0 Å². The maximum atomic E-state index is 6.19. The first-order valence-corrected chi connectivity index (χ1v) is 19.2. The molecule has 40 heavy (non-hydrogen) atoms. The highest BCUT2D eigenvalue weighted by molar-refractivity contribution is 4.88. The van der Waals surface area contributed by atoms with Crippen LogP contribution in [0.4, 0.5) is 0 Å². The maximum Gasteiger partial charge on any atom is 0.00970 e. The highest BCUT2D eigenvalue weighted by Gasteiger charge is 2.37. The van der Waals surface area contributed by atoms with Crippen molar-refractivity contribution in [2.75, 3.05) is 0 Å². The quantitative estimate of drug-likeness (QED) is 0.0944. The molecule has 0 spiro atoms. The van der Waals surface area contributed by atoms with E-state index in [1.165, 1.54) is 154 Å². The van der Waals surface area contributed by atoms with Crippen LogP contribution in [0.5, 0.6) is 0 Å². The van der Waals surface area contributed by atoms with Crippen LogP contribution in [-0.2, 0) is 0 Å². The molecule has 0 aromatic rings. The molecule has 4 unspecified atom stereocenters. The molecule has 1 rings (SSSR count). The minimum Gasteiger partial charge on any atom is -0.326 e. The third kappa shape index (κ3) is 20.0. The largest absolute Gasteiger partial charge is 0.326 e. The molecule has 0 saturated heterocycles. The van der Waals surface area contributed by atoms with Gasteiger partial charge in [-0.1, -0.05) is 175 Å². The first kappa shape index (κ1) is 38.0. The van der Waals surface area contributed by atoms with Crippen LogP contribution in [0, 0.1) is 23.7 Å². The summed E-state index contributed by atoms with van der Waals surface area (Å²) in [7, 11) is 0. The molecule has 0 radical (unpaired) electrons. The molecular formula is C39H79N. The fourth-order valence-corrected chi connectivity index (χ4v) is 8.02. The van der Waals surface area contributed by atoms with E-state index >= 15 is 0 Å². The van der Waals surface area contributed by atoms with Crippen molar-refractivity contribution in [2.24, 2.45) is 29.4 Å². The van der Waals surface area contributed by atoms with Gasteiger partial charge >= 0.3 is 0 Å². The second kappa shape index (κ2) is 25.5. The van der Waals surface area contributed by atoms with Crippen LogP contribution in [0.3, 0.4) is 0 Å². The lowest BCUT2D eigenvalue weighted by Crippen LogP contribution is -2.35. The van der Waals surface area contributed by atoms with Gasteiger partial charge in [0.1, 0.15) is 0 Å². The van der Waals surface area contributed by atoms with Crippen LogP contribution in [0.2, 0.25) is 0 Å². The van der Waals surface area contributed by atoms with Crippen LogP contribution in [0.15, 0.2) is 0 Å². The monoisotopic (exact) mass is 562 g/mol. The molecule has 1 fully saturated rings. The average Bonchev–Trinajstić information content (AvgIpc) is 2.92. The Kier molecular flexibility index (Phi) is 24.2. The van der Waals surface area contributed by atoms with Crippen molar-refractivity contribution in [1.29, 1.82) is 0 Å². The van der Waals surface area contributed by atoms with Gasteiger partial charge in [-0.2, -0.15) is 0 Å². The summed E-state index contributed by atoms with van der Waals surface area (Å²) in [5.74, 6) is 4.15. The van der Waals surface area contributed by atoms with Gasteiger partial charge in [0, 0.05) is 5.54 Å². The Morgan fingerprint density at radius 2 is 0.725 bits per heavy atom. The Morgan fingerprint density at radius 1 is 0.425 bits per heavy atom. The first-order chi connectivity index (χ1) is 19.4. The molecule has 1 nitrogen and oxygen atoms in total. The molecular weight excluding hydrogens is 482 g/mol. The molecule has 1 aliphatic carbocycles. The summed E-state index contributed by atoms with van der Waals surface area (Å²) in [5, 5.41) is 0. The predicted molar refractivity (Wildman–Crippen MR) is 183 cm³/mol. The summed E-state index contributed by atoms with van der Waals surface area (Å²) in [4.78, 5) is 0. The fourth-order valence-electron chi connectivity index (χ4n) is 8.02. The SMILES string of the molecule is CCCCCCCCC1CCC(CCCCCC)C(CCCCCCCC)C1CCCCCCCCC(C)(C)N. The molecule has 1 saturated carbocycles. The smallest absolute Gasteiger partial charge is 0.00970 e. The van der Waals surface area contributed by atoms with E-state index in [4.69, 9.17) is 5.73 Å². The lowest BCUT2D eigenvalue weighted by molar-refractivity contribution is 0.0581. The standard InChI is InChI=1S/C39H79N/c1-6-9-12-15-19-24-29-36-33-32-35(28-23-14-11-8-3)37(30-25-20-16-13-10-7-2)38(36)31-26-21-17-18-22-27-34-39(4,5)40/h35-38H,6-34,40H2,1-5H3. The molecule has 1 aliphatic rings. The van der Waals surface area contributed by atoms with Gasteiger partial charge in [-0.05, 0) is 69.6 Å². The summed E-state index contributed by atoms with van der Waals surface area (Å²) in [5.41, 5.74) is 6.21. The van der Waals surface area contributed by atoms with E-state index in [0.717, 1.165) is 23.7 Å². The van der Waals surface area contributed by atoms with Crippen molar-refractivity contribution >= 4 is 0 Å². The van der Waals surface area contributed by atoms with Crippen LogP contribution in [0.25, 0.3) is 0 Å². The Labute approximate surface area is 255 Å². The predicted octanol–water partition coefficient (Wildman–Crippen LogP) is 13.6. The molecule has 0 heterocycles. The van der Waals surface area contributed by atoms with Gasteiger partial charge in [-0.15, -0.1) is 0 Å². The van der Waals surface area contributed by atoms with E-state index in [0.29, 0.717) is 0 Å². The highest BCUT2D eigenvalue weighted by Crippen LogP contribution is 2.47. The van der Waals surface area contributed by atoms with Gasteiger partial charge < -0.3 is 5.73 Å². The lowest BCUT2D eigenvalue weighted by Gasteiger charge is -2.44. The van der Waals surface area contributed by atoms with Crippen molar-refractivity contribution in [3.8, 4) is 0 Å². The van der Waals surface area contributed by atoms with Gasteiger partial charge in [0.05, 0.1) is 0 Å². The second-order valence-electron chi connectivity index (χ2n) is 15.0. The Bertz CT molecular complexity index is 519. The molecule has 0 aromatic carbocycles. The molecule has 1 heteroatoms. The van der Waals surface area contributed by atoms with E-state index in [1.807, 2.05) is 0 Å². The van der Waals surface area contributed by atoms with Crippen molar-refractivity contribution in [1.82, 2.24) is 0 Å². The zero-order valence-electron chi connectivity index (χ0n) is 28.9. The summed E-state index contributed by atoms with van der Waals surface area (Å²) in [6.45, 7) is 11.4. The van der Waals surface area contributed by atoms with Gasteiger partial charge in [0.2, 0.25) is 0 Å². The number of hydrogen-bond donors (Lipinski definition) is 1. The third-order valence-electron chi connectivity index (χ3n) is 10.5. The molecule has 0 aromatic heterocycles. The average molecular weight is 562 g/mol. The molecule has 0 amide bonds. The van der Waals surface area contributed by atoms with E-state index in [1.54, 1.807) is 32.1 Å². The molecule has 0 bridgehead atoms. The maximum absolute atomic E-state index is 6.19. The zero-order valence-corrected chi connectivity index (χ0v) is 28.9. The Balaban J connectivity index is 2.69. The molecule has 240 valence electrons. The van der Waals surface area contributed by atoms with E-state index in [2.05, 4.69) is 34.6 Å². The number of nitrogens with two attached hydrogens (primary N) is 1. The summed E-state index contributed by atoms with van der Waals surface area (Å²) in [6.07, 6.45) is 42.3. The number of rotatable bonds is 28. The first-order valence-electron chi connectivity index (χ1n) is 19.2. The summed E-state index contributed by atoms with van der Waals surface area (Å²) >= 11 is 0. The van der Waals surface area contributed by atoms with Crippen molar-refractivity contribution in [3.05, 3.63) is 0 Å². The van der Waals surface area contributed by atoms with Crippen LogP contribution in [-0.4, -0.2) is 5.54 Å². The summed E-state index contributed by atoms with van der Waals surface area (Å²) < 4.78 is 0. The summed E-state index contributed by atoms with van der Waals surface area (Å²) in [6, 6.07) is 0. The van der Waals surface area contributed by atoms with Crippen molar-refractivity contribution in [3.63, 3.8) is 0 Å². The third-order valence-corrected chi connectivity index (χ3v) is 10.5. The van der Waals surface area contributed by atoms with Crippen LogP contribution >= 0.6 is 0 Å². The minimum atomic E-state index is 0.0179. The Hall–Kier alpha value is -0.0400. The van der Waals surface area contributed by atoms with Gasteiger partial charge in [-0.25, -0.2) is 0 Å². The Morgan fingerprint density at radius 3 is 1.10 bits per heavy atom. The number of hydrogen-bond acceptors (Lipinski definition) is 1. The van der Waals surface area contributed by atoms with E-state index in [-0.39, 0.29) is 5.54 Å². The van der Waals surface area contributed by atoms with Gasteiger partial charge in [0.25, 0.3) is 0 Å². The van der Waals surface area contributed by atoms with Crippen molar-refractivity contribution < 1.29 is 0 Å². The highest BCUT2D eigenvalue weighted by atomic mass is 14.7. The van der Waals surface area contributed by atoms with Crippen molar-refractivity contribution in [2.45, 2.75) is 226 Å². The number of unbranched alkanes of at least 4 members (excludes halogenated alkanes) is 18. The topological polar surface area (TPSA) is 26.0 Å². The second-order valence-corrected chi connectivity index (χ2v) is 15.0. The molecule has 0 aliphatic heterocycles. The molecule has 2 N–H and O–H groups in total. The van der Waals surface area contributed by atoms with Gasteiger partial charge in [-0.3, -0.25) is 0 Å². The van der Waals surface area contributed by atoms with Crippen LogP contribution in [0.1, 0.15) is 221 Å².